The maximum absolute atomic E-state index is 12.3. The number of hydrogen-bond acceptors (Lipinski definition) is 3. The SMILES string of the molecule is CCNC(=NCc1ccccc1CS(=O)(=O)NC(C)C)NCC1(CC)CCC1.I. The molecule has 1 aliphatic rings. The zero-order valence-electron chi connectivity index (χ0n) is 18.1. The van der Waals surface area contributed by atoms with Crippen molar-refractivity contribution in [1.29, 1.82) is 0 Å². The number of benzene rings is 1. The van der Waals surface area contributed by atoms with Crippen molar-refractivity contribution in [3.8, 4) is 0 Å². The third kappa shape index (κ3) is 8.41. The van der Waals surface area contributed by atoms with Crippen molar-refractivity contribution in [2.45, 2.75) is 71.7 Å². The average Bonchev–Trinajstić information content (AvgIpc) is 2.58. The highest BCUT2D eigenvalue weighted by Crippen LogP contribution is 2.42. The van der Waals surface area contributed by atoms with Crippen LogP contribution in [0.5, 0.6) is 0 Å². The molecule has 1 aromatic rings. The Labute approximate surface area is 193 Å². The summed E-state index contributed by atoms with van der Waals surface area (Å²) in [5.74, 6) is 0.764. The van der Waals surface area contributed by atoms with Gasteiger partial charge in [0.05, 0.1) is 12.3 Å². The minimum absolute atomic E-state index is 0. The topological polar surface area (TPSA) is 82.6 Å². The molecule has 2 rings (SSSR count). The Balaban J connectivity index is 0.00000420. The van der Waals surface area contributed by atoms with E-state index in [1.165, 1.54) is 25.7 Å². The molecule has 3 N–H and O–H groups in total. The quantitative estimate of drug-likeness (QED) is 0.242. The van der Waals surface area contributed by atoms with Crippen molar-refractivity contribution >= 4 is 40.0 Å². The number of rotatable bonds is 10. The first-order chi connectivity index (χ1) is 13.3. The van der Waals surface area contributed by atoms with Crippen LogP contribution in [0.1, 0.15) is 64.5 Å². The van der Waals surface area contributed by atoms with E-state index in [-0.39, 0.29) is 35.8 Å². The third-order valence-corrected chi connectivity index (χ3v) is 6.95. The van der Waals surface area contributed by atoms with Crippen LogP contribution < -0.4 is 15.4 Å². The second kappa shape index (κ2) is 12.1. The minimum atomic E-state index is -3.36. The van der Waals surface area contributed by atoms with Crippen molar-refractivity contribution in [2.75, 3.05) is 13.1 Å². The molecule has 0 spiro atoms. The fourth-order valence-electron chi connectivity index (χ4n) is 3.57. The van der Waals surface area contributed by atoms with Gasteiger partial charge in [-0.15, -0.1) is 24.0 Å². The lowest BCUT2D eigenvalue weighted by atomic mass is 9.67. The van der Waals surface area contributed by atoms with E-state index in [0.29, 0.717) is 12.0 Å². The molecule has 1 fully saturated rings. The highest BCUT2D eigenvalue weighted by Gasteiger charge is 2.34. The minimum Gasteiger partial charge on any atom is -0.357 e. The smallest absolute Gasteiger partial charge is 0.216 e. The summed E-state index contributed by atoms with van der Waals surface area (Å²) in [6.07, 6.45) is 5.05. The first-order valence-corrected chi connectivity index (χ1v) is 12.0. The van der Waals surface area contributed by atoms with E-state index >= 15 is 0 Å². The van der Waals surface area contributed by atoms with Gasteiger partial charge in [-0.05, 0) is 56.6 Å². The van der Waals surface area contributed by atoms with Crippen LogP contribution in [-0.2, 0) is 22.3 Å². The van der Waals surface area contributed by atoms with E-state index in [1.807, 2.05) is 45.0 Å². The Kier molecular flexibility index (Phi) is 10.9. The maximum atomic E-state index is 12.3. The summed E-state index contributed by atoms with van der Waals surface area (Å²) < 4.78 is 27.3. The molecular weight excluding hydrogens is 499 g/mol. The molecule has 1 aromatic carbocycles. The van der Waals surface area contributed by atoms with Gasteiger partial charge in [-0.1, -0.05) is 37.6 Å². The van der Waals surface area contributed by atoms with Crippen LogP contribution in [0.2, 0.25) is 0 Å². The van der Waals surface area contributed by atoms with Crippen molar-refractivity contribution < 1.29 is 8.42 Å². The van der Waals surface area contributed by atoms with Gasteiger partial charge in [0.25, 0.3) is 0 Å². The molecule has 166 valence electrons. The van der Waals surface area contributed by atoms with Gasteiger partial charge in [0, 0.05) is 19.1 Å². The summed E-state index contributed by atoms with van der Waals surface area (Å²) in [7, 11) is -3.36. The predicted octanol–water partition coefficient (Wildman–Crippen LogP) is 3.77. The fraction of sp³-hybridized carbons (Fsp3) is 0.667. The Bertz CT molecular complexity index is 756. The molecule has 0 heterocycles. The highest BCUT2D eigenvalue weighted by atomic mass is 127. The molecule has 6 nitrogen and oxygen atoms in total. The Morgan fingerprint density at radius 3 is 2.31 bits per heavy atom. The lowest BCUT2D eigenvalue weighted by Crippen LogP contribution is -2.46. The fourth-order valence-corrected chi connectivity index (χ4v) is 5.06. The Hall–Kier alpha value is -0.870. The zero-order valence-corrected chi connectivity index (χ0v) is 21.3. The number of hydrogen-bond donors (Lipinski definition) is 3. The van der Waals surface area contributed by atoms with Gasteiger partial charge in [0.15, 0.2) is 5.96 Å². The maximum Gasteiger partial charge on any atom is 0.216 e. The summed E-state index contributed by atoms with van der Waals surface area (Å²) in [6, 6.07) is 7.51. The van der Waals surface area contributed by atoms with Gasteiger partial charge in [-0.25, -0.2) is 18.1 Å². The van der Waals surface area contributed by atoms with Crippen molar-refractivity contribution in [2.24, 2.45) is 10.4 Å². The van der Waals surface area contributed by atoms with E-state index in [1.54, 1.807) is 0 Å². The number of nitrogens with zero attached hydrogens (tertiary/aromatic N) is 1. The van der Waals surface area contributed by atoms with Gasteiger partial charge < -0.3 is 10.6 Å². The summed E-state index contributed by atoms with van der Waals surface area (Å²) in [5, 5.41) is 6.79. The Morgan fingerprint density at radius 1 is 1.14 bits per heavy atom. The van der Waals surface area contributed by atoms with E-state index in [2.05, 4.69) is 22.3 Å². The highest BCUT2D eigenvalue weighted by molar-refractivity contribution is 14.0. The van der Waals surface area contributed by atoms with Crippen LogP contribution in [0.4, 0.5) is 0 Å². The normalized spacial score (nSPS) is 16.1. The van der Waals surface area contributed by atoms with Gasteiger partial charge in [-0.3, -0.25) is 0 Å². The van der Waals surface area contributed by atoms with Crippen LogP contribution in [0.3, 0.4) is 0 Å². The molecule has 1 aliphatic carbocycles. The number of guanidine groups is 1. The van der Waals surface area contributed by atoms with Crippen LogP contribution in [0, 0.1) is 5.41 Å². The van der Waals surface area contributed by atoms with Gasteiger partial charge in [0.1, 0.15) is 0 Å². The molecule has 29 heavy (non-hydrogen) atoms. The first kappa shape index (κ1) is 26.2. The van der Waals surface area contributed by atoms with Gasteiger partial charge in [0.2, 0.25) is 10.0 Å². The lowest BCUT2D eigenvalue weighted by Gasteiger charge is -2.41. The predicted molar refractivity (Wildman–Crippen MR) is 132 cm³/mol. The molecule has 0 radical (unpaired) electrons. The molecule has 0 amide bonds. The second-order valence-electron chi connectivity index (χ2n) is 8.06. The first-order valence-electron chi connectivity index (χ1n) is 10.4. The molecule has 0 bridgehead atoms. The van der Waals surface area contributed by atoms with Crippen LogP contribution >= 0.6 is 24.0 Å². The molecule has 0 atom stereocenters. The standard InChI is InChI=1S/C21H36N4O2S.HI/c1-5-21(12-9-13-21)16-24-20(22-6-2)23-14-18-10-7-8-11-19(18)15-28(26,27)25-17(3)4;/h7-8,10-11,17,25H,5-6,9,12-16H2,1-4H3,(H2,22,23,24);1H. The van der Waals surface area contributed by atoms with Gasteiger partial charge >= 0.3 is 0 Å². The van der Waals surface area contributed by atoms with Crippen LogP contribution in [0.25, 0.3) is 0 Å². The van der Waals surface area contributed by atoms with Crippen LogP contribution in [0.15, 0.2) is 29.3 Å². The number of halogens is 1. The van der Waals surface area contributed by atoms with Crippen molar-refractivity contribution in [1.82, 2.24) is 15.4 Å². The number of sulfonamides is 1. The summed E-state index contributed by atoms with van der Waals surface area (Å²) in [5.41, 5.74) is 2.13. The lowest BCUT2D eigenvalue weighted by molar-refractivity contribution is 0.131. The van der Waals surface area contributed by atoms with E-state index in [0.717, 1.165) is 30.2 Å². The second-order valence-corrected chi connectivity index (χ2v) is 9.81. The van der Waals surface area contributed by atoms with Crippen LogP contribution in [-0.4, -0.2) is 33.5 Å². The van der Waals surface area contributed by atoms with Crippen molar-refractivity contribution in [3.63, 3.8) is 0 Å². The third-order valence-electron chi connectivity index (χ3n) is 5.43. The number of aliphatic imine (C=N–C) groups is 1. The Morgan fingerprint density at radius 2 is 1.79 bits per heavy atom. The number of nitrogens with one attached hydrogen (secondary N) is 3. The van der Waals surface area contributed by atoms with Crippen molar-refractivity contribution in [3.05, 3.63) is 35.4 Å². The molecule has 8 heteroatoms. The molecule has 0 aromatic heterocycles. The largest absolute Gasteiger partial charge is 0.357 e. The summed E-state index contributed by atoms with van der Waals surface area (Å²) >= 11 is 0. The molecular formula is C21H37IN4O2S. The zero-order chi connectivity index (χ0) is 20.6. The van der Waals surface area contributed by atoms with E-state index < -0.39 is 10.0 Å². The summed E-state index contributed by atoms with van der Waals surface area (Å²) in [6.45, 7) is 10.1. The summed E-state index contributed by atoms with van der Waals surface area (Å²) in [4.78, 5) is 4.71. The molecule has 0 unspecified atom stereocenters. The van der Waals surface area contributed by atoms with E-state index in [9.17, 15) is 8.42 Å². The van der Waals surface area contributed by atoms with Gasteiger partial charge in [-0.2, -0.15) is 0 Å². The molecule has 0 aliphatic heterocycles. The monoisotopic (exact) mass is 536 g/mol. The molecule has 1 saturated carbocycles. The molecule has 0 saturated heterocycles. The average molecular weight is 537 g/mol. The van der Waals surface area contributed by atoms with E-state index in [4.69, 9.17) is 4.99 Å².